The number of nitrogens with zero attached hydrogens (tertiary/aromatic N) is 6. The lowest BCUT2D eigenvalue weighted by molar-refractivity contribution is 0.174. The third kappa shape index (κ3) is 7.23. The van der Waals surface area contributed by atoms with Gasteiger partial charge in [-0.15, -0.1) is 52.1 Å². The second-order valence-corrected chi connectivity index (χ2v) is 8.44. The van der Waals surface area contributed by atoms with E-state index in [1.165, 1.54) is 4.88 Å². The lowest BCUT2D eigenvalue weighted by Crippen LogP contribution is -2.52. The molecule has 1 aliphatic heterocycles. The van der Waals surface area contributed by atoms with Crippen molar-refractivity contribution in [3.8, 4) is 0 Å². The molecule has 0 saturated carbocycles. The van der Waals surface area contributed by atoms with Gasteiger partial charge in [0.1, 0.15) is 12.2 Å². The fourth-order valence-corrected chi connectivity index (χ4v) is 4.34. The van der Waals surface area contributed by atoms with Crippen LogP contribution in [0.5, 0.6) is 0 Å². The Balaban J connectivity index is 0.00000300. The monoisotopic (exact) mass is 549 g/mol. The molecule has 1 N–H and O–H groups in total. The molecule has 1 aliphatic rings. The molecule has 7 nitrogen and oxygen atoms in total. The van der Waals surface area contributed by atoms with Crippen LogP contribution in [0.25, 0.3) is 0 Å². The minimum absolute atomic E-state index is 0. The number of piperazine rings is 1. The predicted octanol–water partition coefficient (Wildman–Crippen LogP) is 3.12. The van der Waals surface area contributed by atoms with Gasteiger partial charge in [0.15, 0.2) is 5.96 Å². The van der Waals surface area contributed by atoms with Crippen LogP contribution in [0.4, 0.5) is 0 Å². The summed E-state index contributed by atoms with van der Waals surface area (Å²) in [6, 6.07) is 4.09. The van der Waals surface area contributed by atoms with Crippen molar-refractivity contribution in [1.29, 1.82) is 0 Å². The highest BCUT2D eigenvalue weighted by molar-refractivity contribution is 14.0. The Kier molecular flexibility index (Phi) is 10.4. The van der Waals surface area contributed by atoms with Gasteiger partial charge >= 0.3 is 0 Å². The second kappa shape index (κ2) is 12.5. The van der Waals surface area contributed by atoms with Crippen molar-refractivity contribution in [1.82, 2.24) is 29.9 Å². The first-order valence-corrected chi connectivity index (χ1v) is 10.9. The fourth-order valence-electron chi connectivity index (χ4n) is 3.21. The molecule has 3 rings (SSSR count). The summed E-state index contributed by atoms with van der Waals surface area (Å²) in [5.41, 5.74) is 0. The highest BCUT2D eigenvalue weighted by Crippen LogP contribution is 2.23. The Morgan fingerprint density at radius 1 is 1.34 bits per heavy atom. The predicted molar refractivity (Wildman–Crippen MR) is 131 cm³/mol. The fraction of sp³-hybridized carbons (Fsp3) is 0.526. The van der Waals surface area contributed by atoms with Gasteiger partial charge < -0.3 is 14.8 Å². The van der Waals surface area contributed by atoms with Crippen LogP contribution in [0.2, 0.25) is 4.34 Å². The third-order valence-corrected chi connectivity index (χ3v) is 5.91. The van der Waals surface area contributed by atoms with E-state index in [0.717, 1.165) is 61.8 Å². The maximum atomic E-state index is 6.05. The van der Waals surface area contributed by atoms with E-state index in [-0.39, 0.29) is 24.0 Å². The van der Waals surface area contributed by atoms with Gasteiger partial charge in [-0.25, -0.2) is 0 Å². The summed E-state index contributed by atoms with van der Waals surface area (Å²) in [5, 5.41) is 11.5. The zero-order valence-electron chi connectivity index (χ0n) is 16.8. The van der Waals surface area contributed by atoms with E-state index in [9.17, 15) is 0 Å². The number of rotatable bonds is 8. The highest BCUT2D eigenvalue weighted by atomic mass is 127. The molecule has 1 saturated heterocycles. The van der Waals surface area contributed by atoms with Gasteiger partial charge in [-0.1, -0.05) is 24.6 Å². The van der Waals surface area contributed by atoms with Crippen LogP contribution in [0.15, 0.2) is 36.1 Å². The lowest BCUT2D eigenvalue weighted by Gasteiger charge is -2.36. The molecule has 3 heterocycles. The van der Waals surface area contributed by atoms with E-state index in [2.05, 4.69) is 49.5 Å². The molecule has 0 aromatic carbocycles. The summed E-state index contributed by atoms with van der Waals surface area (Å²) < 4.78 is 2.93. The number of aliphatic imine (C=N–C) groups is 1. The zero-order chi connectivity index (χ0) is 19.8. The van der Waals surface area contributed by atoms with E-state index in [4.69, 9.17) is 16.6 Å². The number of hydrogen-bond acceptors (Lipinski definition) is 5. The van der Waals surface area contributed by atoms with Crippen LogP contribution in [0.3, 0.4) is 0 Å². The summed E-state index contributed by atoms with van der Waals surface area (Å²) in [6.07, 6.45) is 4.52. The van der Waals surface area contributed by atoms with Crippen LogP contribution in [-0.2, 0) is 19.5 Å². The van der Waals surface area contributed by atoms with Gasteiger partial charge in [-0.05, 0) is 12.1 Å². The van der Waals surface area contributed by atoms with Crippen molar-refractivity contribution < 1.29 is 0 Å². The highest BCUT2D eigenvalue weighted by Gasteiger charge is 2.20. The summed E-state index contributed by atoms with van der Waals surface area (Å²) >= 11 is 7.71. The van der Waals surface area contributed by atoms with Crippen LogP contribution in [0.1, 0.15) is 17.6 Å². The molecule has 0 spiro atoms. The first kappa shape index (κ1) is 24.1. The number of nitrogens with one attached hydrogen (secondary N) is 1. The van der Waals surface area contributed by atoms with Crippen molar-refractivity contribution in [3.63, 3.8) is 0 Å². The van der Waals surface area contributed by atoms with Crippen molar-refractivity contribution >= 4 is 52.9 Å². The number of halogens is 2. The number of hydrogen-bond donors (Lipinski definition) is 1. The topological polar surface area (TPSA) is 61.6 Å². The summed E-state index contributed by atoms with van der Waals surface area (Å²) in [5.74, 6) is 1.95. The largest absolute Gasteiger partial charge is 0.353 e. The molecule has 10 heteroatoms. The molecule has 0 aliphatic carbocycles. The molecule has 0 bridgehead atoms. The second-order valence-electron chi connectivity index (χ2n) is 6.64. The molecule has 2 aromatic heterocycles. The number of thiophene rings is 1. The Bertz CT molecular complexity index is 783. The molecule has 29 heavy (non-hydrogen) atoms. The van der Waals surface area contributed by atoms with Gasteiger partial charge in [0.25, 0.3) is 0 Å². The molecule has 0 unspecified atom stereocenters. The SMILES string of the molecule is C=CCNC(=NCCn1cnnc1CC)N1CCN(Cc2ccc(Cl)s2)CC1.I. The van der Waals surface area contributed by atoms with Crippen molar-refractivity contribution in [2.45, 2.75) is 26.4 Å². The van der Waals surface area contributed by atoms with Gasteiger partial charge in [-0.2, -0.15) is 0 Å². The minimum Gasteiger partial charge on any atom is -0.353 e. The van der Waals surface area contributed by atoms with E-state index in [0.29, 0.717) is 13.1 Å². The Morgan fingerprint density at radius 3 is 2.79 bits per heavy atom. The molecule has 160 valence electrons. The van der Waals surface area contributed by atoms with Crippen molar-refractivity contribution in [2.75, 3.05) is 39.3 Å². The average molecular weight is 550 g/mol. The van der Waals surface area contributed by atoms with Crippen LogP contribution >= 0.6 is 46.9 Å². The van der Waals surface area contributed by atoms with Gasteiger partial charge in [0.05, 0.1) is 10.9 Å². The molecule has 1 fully saturated rings. The molecule has 0 atom stereocenters. The Labute approximate surface area is 198 Å². The number of aryl methyl sites for hydroxylation is 1. The number of aromatic nitrogens is 3. The number of guanidine groups is 1. The van der Waals surface area contributed by atoms with Gasteiger partial charge in [-0.3, -0.25) is 9.89 Å². The van der Waals surface area contributed by atoms with E-state index in [1.54, 1.807) is 17.7 Å². The lowest BCUT2D eigenvalue weighted by atomic mass is 10.3. The minimum atomic E-state index is 0. The molecule has 0 amide bonds. The molecular formula is C19H29ClIN7S. The average Bonchev–Trinajstić information content (AvgIpc) is 3.33. The maximum absolute atomic E-state index is 6.05. The van der Waals surface area contributed by atoms with Crippen molar-refractivity contribution in [2.24, 2.45) is 4.99 Å². The molecule has 2 aromatic rings. The quantitative estimate of drug-likeness (QED) is 0.237. The summed E-state index contributed by atoms with van der Waals surface area (Å²) in [4.78, 5) is 10.9. The zero-order valence-corrected chi connectivity index (χ0v) is 20.7. The first-order valence-electron chi connectivity index (χ1n) is 9.67. The van der Waals surface area contributed by atoms with Gasteiger partial charge in [0, 0.05) is 57.1 Å². The Morgan fingerprint density at radius 2 is 2.14 bits per heavy atom. The van der Waals surface area contributed by atoms with Crippen LogP contribution in [-0.4, -0.2) is 69.8 Å². The standard InChI is InChI=1S/C19H28ClN7S.HI/c1-3-7-21-19(22-8-9-27-15-23-24-18(27)4-2)26-12-10-25(11-13-26)14-16-5-6-17(20)28-16;/h3,5-6,15H,1,4,7-14H2,2H3,(H,21,22);1H. The van der Waals surface area contributed by atoms with Crippen molar-refractivity contribution in [3.05, 3.63) is 46.2 Å². The molecule has 0 radical (unpaired) electrons. The smallest absolute Gasteiger partial charge is 0.194 e. The van der Waals surface area contributed by atoms with Gasteiger partial charge in [0.2, 0.25) is 0 Å². The van der Waals surface area contributed by atoms with Crippen LogP contribution < -0.4 is 5.32 Å². The van der Waals surface area contributed by atoms with E-state index >= 15 is 0 Å². The summed E-state index contributed by atoms with van der Waals surface area (Å²) in [7, 11) is 0. The van der Waals surface area contributed by atoms with E-state index in [1.807, 2.05) is 12.1 Å². The van der Waals surface area contributed by atoms with Crippen LogP contribution in [0, 0.1) is 0 Å². The Hall–Kier alpha value is -1.17. The normalized spacial score (nSPS) is 15.2. The summed E-state index contributed by atoms with van der Waals surface area (Å²) in [6.45, 7) is 13.0. The van der Waals surface area contributed by atoms with E-state index < -0.39 is 0 Å². The molecular weight excluding hydrogens is 521 g/mol. The first-order chi connectivity index (χ1) is 13.7. The third-order valence-electron chi connectivity index (χ3n) is 4.70. The maximum Gasteiger partial charge on any atom is 0.194 e.